The minimum atomic E-state index is -1.02. The first-order chi connectivity index (χ1) is 11.0. The molecule has 122 valence electrons. The minimum absolute atomic E-state index is 0.258. The molecule has 2 atom stereocenters. The van der Waals surface area contributed by atoms with E-state index in [1.165, 1.54) is 0 Å². The molecule has 1 aliphatic rings. The number of carbonyl (C=O) groups excluding carboxylic acids is 1. The Hall–Kier alpha value is -2.05. The number of carbonyl (C=O) groups is 2. The molecular formula is C16H17ClN2O4. The summed E-state index contributed by atoms with van der Waals surface area (Å²) >= 11 is 6.01. The molecular weight excluding hydrogens is 320 g/mol. The average Bonchev–Trinajstić information content (AvgIpc) is 3.14. The van der Waals surface area contributed by atoms with Gasteiger partial charge in [0, 0.05) is 28.7 Å². The molecule has 0 bridgehead atoms. The van der Waals surface area contributed by atoms with Gasteiger partial charge < -0.3 is 20.1 Å². The Morgan fingerprint density at radius 2 is 2.13 bits per heavy atom. The van der Waals surface area contributed by atoms with Gasteiger partial charge in [0.25, 0.3) is 0 Å². The standard InChI is InChI=1S/C16H17ClN2O4/c17-10-1-2-12-11(7-10)9(8-19-12)5-6-18-15(20)13-3-4-14(23-13)16(21)22/h1-2,7-8,13-14,19H,3-6H2,(H,18,20)(H,21,22)/t13-,14+/m0/s1. The summed E-state index contributed by atoms with van der Waals surface area (Å²) in [5.74, 6) is -1.28. The van der Waals surface area contributed by atoms with Gasteiger partial charge in [-0.05, 0) is 43.0 Å². The van der Waals surface area contributed by atoms with Crippen LogP contribution in [0.5, 0.6) is 0 Å². The van der Waals surface area contributed by atoms with Crippen molar-refractivity contribution in [2.75, 3.05) is 6.54 Å². The van der Waals surface area contributed by atoms with Crippen molar-refractivity contribution < 1.29 is 19.4 Å². The fourth-order valence-corrected chi connectivity index (χ4v) is 2.98. The van der Waals surface area contributed by atoms with Gasteiger partial charge in [-0.15, -0.1) is 0 Å². The van der Waals surface area contributed by atoms with E-state index in [0.717, 1.165) is 16.5 Å². The molecule has 7 heteroatoms. The summed E-state index contributed by atoms with van der Waals surface area (Å²) < 4.78 is 5.22. The predicted molar refractivity (Wildman–Crippen MR) is 85.6 cm³/mol. The van der Waals surface area contributed by atoms with E-state index in [4.69, 9.17) is 21.4 Å². The Morgan fingerprint density at radius 3 is 2.87 bits per heavy atom. The van der Waals surface area contributed by atoms with Crippen LogP contribution in [-0.2, 0) is 20.7 Å². The zero-order valence-electron chi connectivity index (χ0n) is 12.3. The number of hydrogen-bond donors (Lipinski definition) is 3. The van der Waals surface area contributed by atoms with Crippen molar-refractivity contribution in [3.05, 3.63) is 35.0 Å². The van der Waals surface area contributed by atoms with Crippen LogP contribution in [0.25, 0.3) is 10.9 Å². The number of carboxylic acids is 1. The second-order valence-corrected chi connectivity index (χ2v) is 6.01. The molecule has 1 fully saturated rings. The third-order valence-corrected chi connectivity index (χ3v) is 4.25. The summed E-state index contributed by atoms with van der Waals surface area (Å²) in [6.07, 6.45) is 1.82. The molecule has 0 radical (unpaired) electrons. The number of ether oxygens (including phenoxy) is 1. The maximum atomic E-state index is 12.0. The quantitative estimate of drug-likeness (QED) is 0.780. The van der Waals surface area contributed by atoms with Crippen molar-refractivity contribution in [1.29, 1.82) is 0 Å². The highest BCUT2D eigenvalue weighted by molar-refractivity contribution is 6.31. The van der Waals surface area contributed by atoms with Crippen LogP contribution in [0.1, 0.15) is 18.4 Å². The molecule has 1 amide bonds. The summed E-state index contributed by atoms with van der Waals surface area (Å²) in [7, 11) is 0. The van der Waals surface area contributed by atoms with Gasteiger partial charge in [-0.1, -0.05) is 11.6 Å². The first-order valence-electron chi connectivity index (χ1n) is 7.46. The molecule has 2 heterocycles. The molecule has 3 rings (SSSR count). The Balaban J connectivity index is 1.54. The topological polar surface area (TPSA) is 91.4 Å². The van der Waals surface area contributed by atoms with Crippen LogP contribution in [0.2, 0.25) is 5.02 Å². The maximum Gasteiger partial charge on any atom is 0.332 e. The Morgan fingerprint density at radius 1 is 1.35 bits per heavy atom. The van der Waals surface area contributed by atoms with Gasteiger partial charge in [0.2, 0.25) is 5.91 Å². The Bertz CT molecular complexity index is 743. The zero-order chi connectivity index (χ0) is 16.4. The highest BCUT2D eigenvalue weighted by atomic mass is 35.5. The van der Waals surface area contributed by atoms with Gasteiger partial charge in [0.15, 0.2) is 6.10 Å². The summed E-state index contributed by atoms with van der Waals surface area (Å²) in [5, 5.41) is 13.4. The number of fused-ring (bicyclic) bond motifs is 1. The van der Waals surface area contributed by atoms with Gasteiger partial charge in [-0.3, -0.25) is 4.79 Å². The lowest BCUT2D eigenvalue weighted by Gasteiger charge is -2.11. The molecule has 0 saturated carbocycles. The van der Waals surface area contributed by atoms with Crippen LogP contribution in [0.4, 0.5) is 0 Å². The first kappa shape index (κ1) is 15.8. The van der Waals surface area contributed by atoms with Crippen molar-refractivity contribution in [2.24, 2.45) is 0 Å². The lowest BCUT2D eigenvalue weighted by atomic mass is 10.1. The van der Waals surface area contributed by atoms with E-state index in [2.05, 4.69) is 10.3 Å². The monoisotopic (exact) mass is 336 g/mol. The molecule has 1 aliphatic heterocycles. The van der Waals surface area contributed by atoms with Gasteiger partial charge in [-0.2, -0.15) is 0 Å². The number of carboxylic acid groups (broad SMARTS) is 1. The average molecular weight is 337 g/mol. The van der Waals surface area contributed by atoms with Crippen molar-refractivity contribution in [3.8, 4) is 0 Å². The van der Waals surface area contributed by atoms with Crippen molar-refractivity contribution in [1.82, 2.24) is 10.3 Å². The second kappa shape index (κ2) is 6.60. The fraction of sp³-hybridized carbons (Fsp3) is 0.375. The SMILES string of the molecule is O=C(NCCc1c[nH]c2ccc(Cl)cc12)[C@@H]1CC[C@H](C(=O)O)O1. The van der Waals surface area contributed by atoms with E-state index in [1.54, 1.807) is 0 Å². The largest absolute Gasteiger partial charge is 0.479 e. The second-order valence-electron chi connectivity index (χ2n) is 5.57. The van der Waals surface area contributed by atoms with E-state index in [9.17, 15) is 9.59 Å². The third-order valence-electron chi connectivity index (χ3n) is 4.01. The predicted octanol–water partition coefficient (Wildman–Crippen LogP) is 2.11. The van der Waals surface area contributed by atoms with E-state index in [1.807, 2.05) is 24.4 Å². The number of aromatic amines is 1. The summed E-state index contributed by atoms with van der Waals surface area (Å²) in [4.78, 5) is 26.0. The number of amides is 1. The zero-order valence-corrected chi connectivity index (χ0v) is 13.1. The summed E-state index contributed by atoms with van der Waals surface area (Å²) in [5.41, 5.74) is 2.07. The van der Waals surface area contributed by atoms with Crippen LogP contribution >= 0.6 is 11.6 Å². The van der Waals surface area contributed by atoms with E-state index in [0.29, 0.717) is 30.8 Å². The Kier molecular flexibility index (Phi) is 4.54. The van der Waals surface area contributed by atoms with Gasteiger partial charge >= 0.3 is 5.97 Å². The van der Waals surface area contributed by atoms with Gasteiger partial charge in [0.05, 0.1) is 0 Å². The number of nitrogens with one attached hydrogen (secondary N) is 2. The Labute approximate surface area is 137 Å². The fourth-order valence-electron chi connectivity index (χ4n) is 2.80. The van der Waals surface area contributed by atoms with Crippen molar-refractivity contribution >= 4 is 34.4 Å². The van der Waals surface area contributed by atoms with Crippen molar-refractivity contribution in [2.45, 2.75) is 31.5 Å². The molecule has 1 aromatic carbocycles. The lowest BCUT2D eigenvalue weighted by Crippen LogP contribution is -2.36. The smallest absolute Gasteiger partial charge is 0.332 e. The van der Waals surface area contributed by atoms with E-state index < -0.39 is 18.2 Å². The molecule has 3 N–H and O–H groups in total. The first-order valence-corrected chi connectivity index (χ1v) is 7.84. The maximum absolute atomic E-state index is 12.0. The van der Waals surface area contributed by atoms with Crippen LogP contribution in [0, 0.1) is 0 Å². The highest BCUT2D eigenvalue weighted by Crippen LogP contribution is 2.23. The van der Waals surface area contributed by atoms with Gasteiger partial charge in [0.1, 0.15) is 6.10 Å². The number of H-pyrrole nitrogens is 1. The van der Waals surface area contributed by atoms with E-state index >= 15 is 0 Å². The summed E-state index contributed by atoms with van der Waals surface area (Å²) in [6, 6.07) is 5.63. The van der Waals surface area contributed by atoms with Crippen LogP contribution < -0.4 is 5.32 Å². The van der Waals surface area contributed by atoms with Gasteiger partial charge in [-0.25, -0.2) is 4.79 Å². The lowest BCUT2D eigenvalue weighted by molar-refractivity contribution is -0.151. The third kappa shape index (κ3) is 3.48. The molecule has 2 aromatic rings. The summed E-state index contributed by atoms with van der Waals surface area (Å²) in [6.45, 7) is 0.454. The van der Waals surface area contributed by atoms with Crippen molar-refractivity contribution in [3.63, 3.8) is 0 Å². The highest BCUT2D eigenvalue weighted by Gasteiger charge is 2.34. The number of rotatable bonds is 5. The van der Waals surface area contributed by atoms with Crippen LogP contribution in [-0.4, -0.2) is 40.7 Å². The molecule has 0 unspecified atom stereocenters. The van der Waals surface area contributed by atoms with Crippen LogP contribution in [0.15, 0.2) is 24.4 Å². The molecule has 1 saturated heterocycles. The minimum Gasteiger partial charge on any atom is -0.479 e. The number of aliphatic carboxylic acids is 1. The molecule has 6 nitrogen and oxygen atoms in total. The van der Waals surface area contributed by atoms with Crippen LogP contribution in [0.3, 0.4) is 0 Å². The number of halogens is 1. The number of aromatic nitrogens is 1. The number of hydrogen-bond acceptors (Lipinski definition) is 3. The van der Waals surface area contributed by atoms with E-state index in [-0.39, 0.29) is 5.91 Å². The molecule has 23 heavy (non-hydrogen) atoms. The number of benzene rings is 1. The normalized spacial score (nSPS) is 20.7. The molecule has 0 spiro atoms. The molecule has 1 aromatic heterocycles. The molecule has 0 aliphatic carbocycles.